The second-order valence-corrected chi connectivity index (χ2v) is 6.72. The number of likely N-dealkylation sites (tertiary alicyclic amines) is 2. The molecule has 0 saturated carbocycles. The molecular weight excluding hydrogens is 292 g/mol. The number of nitrogens with zero attached hydrogens (tertiary/aromatic N) is 3. The van der Waals surface area contributed by atoms with Gasteiger partial charge in [-0.1, -0.05) is 0 Å². The predicted octanol–water partition coefficient (Wildman–Crippen LogP) is 1.83. The van der Waals surface area contributed by atoms with Gasteiger partial charge in [0.2, 0.25) is 11.8 Å². The van der Waals surface area contributed by atoms with Crippen molar-refractivity contribution < 1.29 is 9.59 Å². The van der Waals surface area contributed by atoms with Crippen LogP contribution in [0.1, 0.15) is 56.0 Å². The summed E-state index contributed by atoms with van der Waals surface area (Å²) in [5.41, 5.74) is 1.07. The number of aromatic amines is 1. The molecule has 1 atom stereocenters. The first-order valence-electron chi connectivity index (χ1n) is 8.70. The van der Waals surface area contributed by atoms with Gasteiger partial charge in [-0.15, -0.1) is 0 Å². The predicted molar refractivity (Wildman–Crippen MR) is 86.9 cm³/mol. The maximum Gasteiger partial charge on any atom is 0.222 e. The second-order valence-electron chi connectivity index (χ2n) is 6.72. The molecule has 3 rings (SSSR count). The number of hydrogen-bond donors (Lipinski definition) is 1. The topological polar surface area (TPSA) is 69.3 Å². The molecule has 0 radical (unpaired) electrons. The van der Waals surface area contributed by atoms with E-state index in [9.17, 15) is 9.59 Å². The van der Waals surface area contributed by atoms with Crippen LogP contribution in [0.4, 0.5) is 0 Å². The van der Waals surface area contributed by atoms with Gasteiger partial charge in [0.1, 0.15) is 5.82 Å². The van der Waals surface area contributed by atoms with E-state index in [1.807, 2.05) is 22.9 Å². The van der Waals surface area contributed by atoms with E-state index in [4.69, 9.17) is 0 Å². The van der Waals surface area contributed by atoms with Crippen molar-refractivity contribution in [1.82, 2.24) is 19.8 Å². The van der Waals surface area contributed by atoms with Crippen LogP contribution in [0.5, 0.6) is 0 Å². The first-order valence-corrected chi connectivity index (χ1v) is 8.70. The zero-order chi connectivity index (χ0) is 16.2. The smallest absolute Gasteiger partial charge is 0.222 e. The SMILES string of the molecule is Cc1cnc(C2CCCN(C(=O)CCCN3CCCC3=O)C2)[nH]1. The van der Waals surface area contributed by atoms with Crippen LogP contribution < -0.4 is 0 Å². The van der Waals surface area contributed by atoms with E-state index in [-0.39, 0.29) is 11.8 Å². The Morgan fingerprint density at radius 2 is 2.26 bits per heavy atom. The molecule has 126 valence electrons. The molecule has 2 aliphatic heterocycles. The van der Waals surface area contributed by atoms with Crippen LogP contribution in [0.3, 0.4) is 0 Å². The van der Waals surface area contributed by atoms with E-state index in [0.717, 1.165) is 63.4 Å². The van der Waals surface area contributed by atoms with Gasteiger partial charge in [0.15, 0.2) is 0 Å². The van der Waals surface area contributed by atoms with Crippen molar-refractivity contribution >= 4 is 11.8 Å². The number of hydrogen-bond acceptors (Lipinski definition) is 3. The fourth-order valence-electron chi connectivity index (χ4n) is 3.59. The van der Waals surface area contributed by atoms with Crippen LogP contribution in [0.15, 0.2) is 6.20 Å². The number of aromatic nitrogens is 2. The highest BCUT2D eigenvalue weighted by Crippen LogP contribution is 2.25. The summed E-state index contributed by atoms with van der Waals surface area (Å²) in [5, 5.41) is 0. The fraction of sp³-hybridized carbons (Fsp3) is 0.706. The summed E-state index contributed by atoms with van der Waals surface area (Å²) < 4.78 is 0. The van der Waals surface area contributed by atoms with Crippen molar-refractivity contribution in [2.24, 2.45) is 0 Å². The Bertz CT molecular complexity index is 569. The van der Waals surface area contributed by atoms with Crippen LogP contribution in [-0.4, -0.2) is 57.8 Å². The quantitative estimate of drug-likeness (QED) is 0.900. The molecule has 2 fully saturated rings. The maximum atomic E-state index is 12.4. The molecule has 0 aromatic carbocycles. The van der Waals surface area contributed by atoms with Crippen molar-refractivity contribution in [2.75, 3.05) is 26.2 Å². The second kappa shape index (κ2) is 7.15. The summed E-state index contributed by atoms with van der Waals surface area (Å²) in [4.78, 5) is 35.6. The monoisotopic (exact) mass is 318 g/mol. The Morgan fingerprint density at radius 1 is 1.39 bits per heavy atom. The lowest BCUT2D eigenvalue weighted by Crippen LogP contribution is -2.39. The van der Waals surface area contributed by atoms with Crippen molar-refractivity contribution in [3.63, 3.8) is 0 Å². The molecule has 2 amide bonds. The van der Waals surface area contributed by atoms with Crippen LogP contribution in [0.2, 0.25) is 0 Å². The normalized spacial score (nSPS) is 22.0. The third-order valence-corrected chi connectivity index (χ3v) is 4.87. The summed E-state index contributed by atoms with van der Waals surface area (Å²) in [5.74, 6) is 1.78. The average molecular weight is 318 g/mol. The molecule has 2 aliphatic rings. The highest BCUT2D eigenvalue weighted by Gasteiger charge is 2.26. The van der Waals surface area contributed by atoms with Gasteiger partial charge in [-0.3, -0.25) is 9.59 Å². The highest BCUT2D eigenvalue weighted by atomic mass is 16.2. The van der Waals surface area contributed by atoms with E-state index in [1.165, 1.54) is 0 Å². The summed E-state index contributed by atoms with van der Waals surface area (Å²) in [6.07, 6.45) is 6.90. The molecule has 1 unspecified atom stereocenters. The Morgan fingerprint density at radius 3 is 2.96 bits per heavy atom. The standard InChI is InChI=1S/C17H26N4O2/c1-13-11-18-17(19-13)14-5-2-10-21(12-14)16(23)7-4-9-20-8-3-6-15(20)22/h11,14H,2-10,12H2,1H3,(H,18,19). The van der Waals surface area contributed by atoms with Crippen molar-refractivity contribution in [2.45, 2.75) is 51.4 Å². The largest absolute Gasteiger partial charge is 0.346 e. The first-order chi connectivity index (χ1) is 11.1. The number of rotatable bonds is 5. The number of aryl methyl sites for hydroxylation is 1. The maximum absolute atomic E-state index is 12.4. The Hall–Kier alpha value is -1.85. The van der Waals surface area contributed by atoms with Crippen molar-refractivity contribution in [1.29, 1.82) is 0 Å². The lowest BCUT2D eigenvalue weighted by molar-refractivity contribution is -0.133. The van der Waals surface area contributed by atoms with E-state index >= 15 is 0 Å². The molecule has 2 saturated heterocycles. The highest BCUT2D eigenvalue weighted by molar-refractivity contribution is 5.78. The summed E-state index contributed by atoms with van der Waals surface area (Å²) in [6, 6.07) is 0. The number of amides is 2. The fourth-order valence-corrected chi connectivity index (χ4v) is 3.59. The van der Waals surface area contributed by atoms with Gasteiger partial charge < -0.3 is 14.8 Å². The zero-order valence-corrected chi connectivity index (χ0v) is 13.9. The van der Waals surface area contributed by atoms with Crippen molar-refractivity contribution in [3.8, 4) is 0 Å². The molecule has 23 heavy (non-hydrogen) atoms. The number of imidazole rings is 1. The van der Waals surface area contributed by atoms with Gasteiger partial charge in [-0.25, -0.2) is 4.98 Å². The molecule has 1 N–H and O–H groups in total. The number of carbonyl (C=O) groups is 2. The molecular formula is C17H26N4O2. The first kappa shape index (κ1) is 16.0. The molecule has 0 aliphatic carbocycles. The number of nitrogens with one attached hydrogen (secondary N) is 1. The Kier molecular flexibility index (Phi) is 4.98. The third-order valence-electron chi connectivity index (χ3n) is 4.87. The molecule has 6 nitrogen and oxygen atoms in total. The van der Waals surface area contributed by atoms with Gasteiger partial charge >= 0.3 is 0 Å². The molecule has 3 heterocycles. The number of piperidine rings is 1. The van der Waals surface area contributed by atoms with E-state index in [2.05, 4.69) is 9.97 Å². The van der Waals surface area contributed by atoms with Gasteiger partial charge in [-0.2, -0.15) is 0 Å². The molecule has 0 bridgehead atoms. The molecule has 1 aromatic rings. The van der Waals surface area contributed by atoms with Gasteiger partial charge in [0, 0.05) is 56.8 Å². The minimum Gasteiger partial charge on any atom is -0.346 e. The van der Waals surface area contributed by atoms with Crippen molar-refractivity contribution in [3.05, 3.63) is 17.7 Å². The summed E-state index contributed by atoms with van der Waals surface area (Å²) in [7, 11) is 0. The van der Waals surface area contributed by atoms with Gasteiger partial charge in [0.25, 0.3) is 0 Å². The van der Waals surface area contributed by atoms with Crippen LogP contribution in [0, 0.1) is 6.92 Å². The number of carbonyl (C=O) groups excluding carboxylic acids is 2. The van der Waals surface area contributed by atoms with E-state index in [1.54, 1.807) is 0 Å². The van der Waals surface area contributed by atoms with Crippen LogP contribution >= 0.6 is 0 Å². The lowest BCUT2D eigenvalue weighted by atomic mass is 9.97. The van der Waals surface area contributed by atoms with Crippen LogP contribution in [0.25, 0.3) is 0 Å². The number of H-pyrrole nitrogens is 1. The van der Waals surface area contributed by atoms with Crippen LogP contribution in [-0.2, 0) is 9.59 Å². The summed E-state index contributed by atoms with van der Waals surface area (Å²) >= 11 is 0. The van der Waals surface area contributed by atoms with Gasteiger partial charge in [0.05, 0.1) is 0 Å². The lowest BCUT2D eigenvalue weighted by Gasteiger charge is -2.32. The minimum absolute atomic E-state index is 0.213. The Labute approximate surface area is 137 Å². The molecule has 1 aromatic heterocycles. The zero-order valence-electron chi connectivity index (χ0n) is 13.9. The van der Waals surface area contributed by atoms with E-state index < -0.39 is 0 Å². The summed E-state index contributed by atoms with van der Waals surface area (Å²) in [6.45, 7) is 5.18. The third kappa shape index (κ3) is 3.92. The molecule has 0 spiro atoms. The average Bonchev–Trinajstić information content (AvgIpc) is 3.16. The molecule has 6 heteroatoms. The van der Waals surface area contributed by atoms with Gasteiger partial charge in [-0.05, 0) is 32.6 Å². The minimum atomic E-state index is 0.213. The van der Waals surface area contributed by atoms with E-state index in [0.29, 0.717) is 18.8 Å². The Balaban J connectivity index is 1.46.